The number of aryl methyl sites for hydroxylation is 2. The number of aromatic nitrogens is 1. The Kier molecular flexibility index (Phi) is 6.49. The van der Waals surface area contributed by atoms with E-state index < -0.39 is 0 Å². The number of nitrogens with zero attached hydrogens (tertiary/aromatic N) is 1. The van der Waals surface area contributed by atoms with E-state index >= 15 is 0 Å². The summed E-state index contributed by atoms with van der Waals surface area (Å²) in [5, 5.41) is 1.08. The van der Waals surface area contributed by atoms with Crippen molar-refractivity contribution in [3.63, 3.8) is 0 Å². The molecule has 1 heterocycles. The SMILES string of the molecule is CC.Cc1ccc(B(Oc2cccc3cccnc23)c2ccc(C)cc2)cc1. The summed E-state index contributed by atoms with van der Waals surface area (Å²) in [6.07, 6.45) is 1.81. The van der Waals surface area contributed by atoms with E-state index in [1.165, 1.54) is 11.1 Å². The van der Waals surface area contributed by atoms with Crippen molar-refractivity contribution in [2.24, 2.45) is 0 Å². The van der Waals surface area contributed by atoms with Crippen LogP contribution in [-0.4, -0.2) is 11.9 Å². The molecule has 0 radical (unpaired) electrons. The fraction of sp³-hybridized carbons (Fsp3) is 0.160. The minimum Gasteiger partial charge on any atom is -0.550 e. The fourth-order valence-electron chi connectivity index (χ4n) is 3.11. The van der Waals surface area contributed by atoms with E-state index in [0.717, 1.165) is 27.6 Å². The molecule has 0 aliphatic carbocycles. The Morgan fingerprint density at radius 2 is 1.21 bits per heavy atom. The monoisotopic (exact) mass is 367 g/mol. The van der Waals surface area contributed by atoms with Crippen LogP contribution in [0.2, 0.25) is 0 Å². The highest BCUT2D eigenvalue weighted by Crippen LogP contribution is 2.23. The second kappa shape index (κ2) is 9.23. The van der Waals surface area contributed by atoms with Gasteiger partial charge in [0, 0.05) is 11.6 Å². The van der Waals surface area contributed by atoms with E-state index in [0.29, 0.717) is 0 Å². The molecule has 0 fully saturated rings. The number of benzene rings is 3. The molecule has 0 amide bonds. The Morgan fingerprint density at radius 3 is 1.79 bits per heavy atom. The molecule has 0 N–H and O–H groups in total. The smallest absolute Gasteiger partial charge is 0.426 e. The van der Waals surface area contributed by atoms with Gasteiger partial charge in [0.2, 0.25) is 0 Å². The van der Waals surface area contributed by atoms with E-state index in [1.54, 1.807) is 0 Å². The Morgan fingerprint density at radius 1 is 0.679 bits per heavy atom. The maximum Gasteiger partial charge on any atom is 0.426 e. The van der Waals surface area contributed by atoms with Crippen LogP contribution in [0.5, 0.6) is 5.75 Å². The minimum absolute atomic E-state index is 0.177. The number of rotatable bonds is 4. The third-order valence-electron chi connectivity index (χ3n) is 4.60. The third kappa shape index (κ3) is 4.43. The third-order valence-corrected chi connectivity index (χ3v) is 4.60. The molecule has 0 saturated carbocycles. The van der Waals surface area contributed by atoms with Gasteiger partial charge in [0.25, 0.3) is 0 Å². The molecule has 0 bridgehead atoms. The molecule has 2 nitrogen and oxygen atoms in total. The first-order chi connectivity index (χ1) is 13.7. The molecule has 0 saturated heterocycles. The van der Waals surface area contributed by atoms with Gasteiger partial charge >= 0.3 is 6.92 Å². The van der Waals surface area contributed by atoms with Gasteiger partial charge in [0.1, 0.15) is 11.3 Å². The fourth-order valence-corrected chi connectivity index (χ4v) is 3.11. The molecule has 0 unspecified atom stereocenters. The number of hydrogen-bond acceptors (Lipinski definition) is 2. The summed E-state index contributed by atoms with van der Waals surface area (Å²) in [6.45, 7) is 8.02. The van der Waals surface area contributed by atoms with E-state index in [1.807, 2.05) is 38.2 Å². The highest BCUT2D eigenvalue weighted by atomic mass is 16.4. The van der Waals surface area contributed by atoms with Crippen LogP contribution in [0, 0.1) is 13.8 Å². The largest absolute Gasteiger partial charge is 0.550 e. The van der Waals surface area contributed by atoms with E-state index in [-0.39, 0.29) is 6.92 Å². The van der Waals surface area contributed by atoms with Crippen LogP contribution in [0.15, 0.2) is 85.1 Å². The van der Waals surface area contributed by atoms with Crippen LogP contribution in [0.3, 0.4) is 0 Å². The molecule has 4 rings (SSSR count). The average molecular weight is 367 g/mol. The standard InChI is InChI=1S/C23H20BNO.C2H6/c1-17-8-12-20(13-9-17)24(21-14-10-18(2)11-15-21)26-22-7-3-5-19-6-4-16-25-23(19)22;1-2/h3-16H,1-2H3;1-2H3. The van der Waals surface area contributed by atoms with Crippen molar-refractivity contribution in [1.82, 2.24) is 4.98 Å². The maximum atomic E-state index is 6.52. The molecular formula is C25H26BNO. The highest BCUT2D eigenvalue weighted by molar-refractivity contribution is 6.80. The molecule has 0 aliphatic rings. The van der Waals surface area contributed by atoms with Crippen molar-refractivity contribution in [1.29, 1.82) is 0 Å². The quantitative estimate of drug-likeness (QED) is 0.470. The summed E-state index contributed by atoms with van der Waals surface area (Å²) in [7, 11) is 0. The molecule has 1 aromatic heterocycles. The first kappa shape index (κ1) is 19.7. The summed E-state index contributed by atoms with van der Waals surface area (Å²) < 4.78 is 6.52. The molecule has 28 heavy (non-hydrogen) atoms. The number of fused-ring (bicyclic) bond motifs is 1. The number of hydrogen-bond donors (Lipinski definition) is 0. The lowest BCUT2D eigenvalue weighted by Crippen LogP contribution is -2.47. The predicted molar refractivity (Wildman–Crippen MR) is 121 cm³/mol. The van der Waals surface area contributed by atoms with E-state index in [4.69, 9.17) is 4.65 Å². The molecular weight excluding hydrogens is 341 g/mol. The van der Waals surface area contributed by atoms with Crippen molar-refractivity contribution in [3.05, 3.63) is 96.2 Å². The Bertz CT molecular complexity index is 976. The van der Waals surface area contributed by atoms with Gasteiger partial charge in [-0.05, 0) is 36.9 Å². The van der Waals surface area contributed by atoms with E-state index in [9.17, 15) is 0 Å². The van der Waals surface area contributed by atoms with Crippen molar-refractivity contribution < 1.29 is 4.65 Å². The lowest BCUT2D eigenvalue weighted by atomic mass is 9.55. The van der Waals surface area contributed by atoms with Gasteiger partial charge in [-0.1, -0.05) is 91.7 Å². The summed E-state index contributed by atoms with van der Waals surface area (Å²) in [4.78, 5) is 4.52. The van der Waals surface area contributed by atoms with Gasteiger partial charge in [-0.2, -0.15) is 0 Å². The Balaban J connectivity index is 0.00000109. The lowest BCUT2D eigenvalue weighted by molar-refractivity contribution is 0.597. The zero-order valence-corrected chi connectivity index (χ0v) is 17.0. The van der Waals surface area contributed by atoms with Crippen molar-refractivity contribution in [2.75, 3.05) is 0 Å². The first-order valence-corrected chi connectivity index (χ1v) is 9.84. The summed E-state index contributed by atoms with van der Waals surface area (Å²) in [6, 6.07) is 27.1. The molecule has 0 aliphatic heterocycles. The molecule has 0 atom stereocenters. The van der Waals surface area contributed by atoms with Crippen LogP contribution in [-0.2, 0) is 0 Å². The number of para-hydroxylation sites is 1. The van der Waals surface area contributed by atoms with Gasteiger partial charge in [0.05, 0.1) is 0 Å². The van der Waals surface area contributed by atoms with Crippen LogP contribution < -0.4 is 15.6 Å². The average Bonchev–Trinajstić information content (AvgIpc) is 2.75. The second-order valence-electron chi connectivity index (χ2n) is 6.65. The molecule has 3 heteroatoms. The lowest BCUT2D eigenvalue weighted by Gasteiger charge is -2.18. The van der Waals surface area contributed by atoms with Gasteiger partial charge in [-0.3, -0.25) is 4.98 Å². The minimum atomic E-state index is -0.177. The highest BCUT2D eigenvalue weighted by Gasteiger charge is 2.24. The predicted octanol–water partition coefficient (Wildman–Crippen LogP) is 5.06. The Hall–Kier alpha value is -3.07. The topological polar surface area (TPSA) is 22.1 Å². The summed E-state index contributed by atoms with van der Waals surface area (Å²) >= 11 is 0. The van der Waals surface area contributed by atoms with Crippen LogP contribution in [0.4, 0.5) is 0 Å². The molecule has 3 aromatic carbocycles. The van der Waals surface area contributed by atoms with Gasteiger partial charge in [-0.25, -0.2) is 0 Å². The van der Waals surface area contributed by atoms with Gasteiger partial charge in [0.15, 0.2) is 0 Å². The van der Waals surface area contributed by atoms with Gasteiger partial charge in [-0.15, -0.1) is 0 Å². The van der Waals surface area contributed by atoms with E-state index in [2.05, 4.69) is 79.5 Å². The van der Waals surface area contributed by atoms with Crippen molar-refractivity contribution >= 4 is 28.7 Å². The maximum absolute atomic E-state index is 6.52. The van der Waals surface area contributed by atoms with Crippen molar-refractivity contribution in [2.45, 2.75) is 27.7 Å². The molecule has 140 valence electrons. The first-order valence-electron chi connectivity index (χ1n) is 9.84. The molecule has 0 spiro atoms. The second-order valence-corrected chi connectivity index (χ2v) is 6.65. The summed E-state index contributed by atoms with van der Waals surface area (Å²) in [5.41, 5.74) is 5.63. The van der Waals surface area contributed by atoms with Crippen LogP contribution in [0.1, 0.15) is 25.0 Å². The van der Waals surface area contributed by atoms with Crippen LogP contribution in [0.25, 0.3) is 10.9 Å². The summed E-state index contributed by atoms with van der Waals surface area (Å²) in [5.74, 6) is 0.800. The number of pyridine rings is 1. The zero-order valence-electron chi connectivity index (χ0n) is 17.0. The Labute approximate surface area is 168 Å². The normalized spacial score (nSPS) is 10.1. The zero-order chi connectivity index (χ0) is 19.9. The van der Waals surface area contributed by atoms with Gasteiger partial charge < -0.3 is 4.65 Å². The molecule has 4 aromatic rings. The van der Waals surface area contributed by atoms with Crippen molar-refractivity contribution in [3.8, 4) is 5.75 Å². The van der Waals surface area contributed by atoms with Crippen LogP contribution >= 0.6 is 0 Å².